The molecule has 0 radical (unpaired) electrons. The summed E-state index contributed by atoms with van der Waals surface area (Å²) in [5.41, 5.74) is 4.92. The molecular formula is C11H25N3O. The van der Waals surface area contributed by atoms with Gasteiger partial charge in [0.1, 0.15) is 0 Å². The summed E-state index contributed by atoms with van der Waals surface area (Å²) in [6.45, 7) is 10.8. The summed E-state index contributed by atoms with van der Waals surface area (Å²) in [5, 5.41) is 9.71. The van der Waals surface area contributed by atoms with Gasteiger partial charge in [-0.05, 0) is 33.4 Å². The number of aliphatic hydroxyl groups is 1. The number of nitrogens with two attached hydrogens (primary N) is 1. The molecule has 1 fully saturated rings. The summed E-state index contributed by atoms with van der Waals surface area (Å²) in [7, 11) is 0. The van der Waals surface area contributed by atoms with Crippen LogP contribution in [0, 0.1) is 0 Å². The molecule has 0 aromatic carbocycles. The van der Waals surface area contributed by atoms with Crippen molar-refractivity contribution in [3.05, 3.63) is 0 Å². The van der Waals surface area contributed by atoms with Crippen molar-refractivity contribution < 1.29 is 5.11 Å². The summed E-state index contributed by atoms with van der Waals surface area (Å²) in [6, 6.07) is 0. The molecule has 0 spiro atoms. The van der Waals surface area contributed by atoms with Crippen molar-refractivity contribution in [2.75, 3.05) is 45.8 Å². The zero-order valence-corrected chi connectivity index (χ0v) is 10.1. The molecule has 1 saturated heterocycles. The van der Waals surface area contributed by atoms with Gasteiger partial charge < -0.3 is 15.7 Å². The molecule has 90 valence electrons. The highest BCUT2D eigenvalue weighted by Gasteiger charge is 2.22. The molecule has 0 saturated carbocycles. The van der Waals surface area contributed by atoms with Crippen LogP contribution in [0.2, 0.25) is 0 Å². The summed E-state index contributed by atoms with van der Waals surface area (Å²) in [6.07, 6.45) is 1.09. The molecule has 1 rings (SSSR count). The highest BCUT2D eigenvalue weighted by molar-refractivity contribution is 4.77. The van der Waals surface area contributed by atoms with E-state index in [0.717, 1.165) is 52.2 Å². The minimum atomic E-state index is -0.570. The highest BCUT2D eigenvalue weighted by Crippen LogP contribution is 2.08. The van der Waals surface area contributed by atoms with E-state index in [1.165, 1.54) is 0 Å². The maximum absolute atomic E-state index is 9.71. The minimum Gasteiger partial charge on any atom is -0.389 e. The van der Waals surface area contributed by atoms with Crippen LogP contribution in [0.3, 0.4) is 0 Å². The third-order valence-electron chi connectivity index (χ3n) is 2.75. The van der Waals surface area contributed by atoms with E-state index in [4.69, 9.17) is 5.73 Å². The lowest BCUT2D eigenvalue weighted by Crippen LogP contribution is -2.50. The van der Waals surface area contributed by atoms with Gasteiger partial charge in [0.25, 0.3) is 0 Å². The fraction of sp³-hybridized carbons (Fsp3) is 1.00. The molecule has 0 aliphatic carbocycles. The van der Waals surface area contributed by atoms with Crippen LogP contribution in [0.1, 0.15) is 20.3 Å². The second-order valence-electron chi connectivity index (χ2n) is 5.07. The van der Waals surface area contributed by atoms with E-state index in [2.05, 4.69) is 9.80 Å². The molecule has 0 unspecified atom stereocenters. The lowest BCUT2D eigenvalue weighted by Gasteiger charge is -2.37. The molecule has 0 atom stereocenters. The first kappa shape index (κ1) is 12.9. The average Bonchev–Trinajstić information content (AvgIpc) is 2.14. The largest absolute Gasteiger partial charge is 0.389 e. The lowest BCUT2D eigenvalue weighted by molar-refractivity contribution is 0.0178. The standard InChI is InChI=1S/C11H25N3O/c1-11(2,15)10-14-8-6-13(7-9-14)5-3-4-12/h15H,3-10,12H2,1-2H3. The monoisotopic (exact) mass is 215 g/mol. The molecule has 0 aromatic heterocycles. The zero-order chi connectivity index (χ0) is 11.3. The smallest absolute Gasteiger partial charge is 0.0718 e. The second kappa shape index (κ2) is 5.80. The van der Waals surface area contributed by atoms with Gasteiger partial charge in [0, 0.05) is 32.7 Å². The Labute approximate surface area is 93.0 Å². The Bertz CT molecular complexity index is 171. The van der Waals surface area contributed by atoms with E-state index >= 15 is 0 Å². The molecule has 1 heterocycles. The molecule has 4 heteroatoms. The van der Waals surface area contributed by atoms with Gasteiger partial charge >= 0.3 is 0 Å². The van der Waals surface area contributed by atoms with Gasteiger partial charge in [-0.2, -0.15) is 0 Å². The minimum absolute atomic E-state index is 0.570. The Morgan fingerprint density at radius 3 is 2.13 bits per heavy atom. The third kappa shape index (κ3) is 5.47. The van der Waals surface area contributed by atoms with E-state index in [9.17, 15) is 5.11 Å². The van der Waals surface area contributed by atoms with Crippen LogP contribution in [0.15, 0.2) is 0 Å². The fourth-order valence-electron chi connectivity index (χ4n) is 2.03. The van der Waals surface area contributed by atoms with E-state index in [1.54, 1.807) is 0 Å². The summed E-state index contributed by atoms with van der Waals surface area (Å²) < 4.78 is 0. The van der Waals surface area contributed by atoms with Crippen LogP contribution in [-0.2, 0) is 0 Å². The first-order valence-corrected chi connectivity index (χ1v) is 5.88. The van der Waals surface area contributed by atoms with Gasteiger partial charge in [0.2, 0.25) is 0 Å². The number of hydrogen-bond donors (Lipinski definition) is 2. The summed E-state index contributed by atoms with van der Waals surface area (Å²) in [5.74, 6) is 0. The normalized spacial score (nSPS) is 20.8. The Hall–Kier alpha value is -0.160. The number of piperazine rings is 1. The van der Waals surface area contributed by atoms with Crippen molar-refractivity contribution in [3.8, 4) is 0 Å². The Morgan fingerprint density at radius 1 is 1.13 bits per heavy atom. The van der Waals surface area contributed by atoms with Crippen LogP contribution in [-0.4, -0.2) is 66.3 Å². The van der Waals surface area contributed by atoms with Crippen LogP contribution >= 0.6 is 0 Å². The van der Waals surface area contributed by atoms with Gasteiger partial charge in [-0.15, -0.1) is 0 Å². The Kier molecular flexibility index (Phi) is 4.99. The van der Waals surface area contributed by atoms with Gasteiger partial charge in [-0.3, -0.25) is 4.90 Å². The molecule has 3 N–H and O–H groups in total. The van der Waals surface area contributed by atoms with Crippen molar-refractivity contribution in [3.63, 3.8) is 0 Å². The van der Waals surface area contributed by atoms with Crippen molar-refractivity contribution in [2.45, 2.75) is 25.9 Å². The van der Waals surface area contributed by atoms with E-state index in [0.29, 0.717) is 0 Å². The second-order valence-corrected chi connectivity index (χ2v) is 5.07. The molecule has 4 nitrogen and oxygen atoms in total. The zero-order valence-electron chi connectivity index (χ0n) is 10.1. The Balaban J connectivity index is 2.18. The SMILES string of the molecule is CC(C)(O)CN1CCN(CCCN)CC1. The predicted octanol–water partition coefficient (Wildman–Crippen LogP) is -0.276. The number of β-amino-alcohol motifs (C(OH)–C–C–N with tert-alkyl or cyclic N) is 1. The number of rotatable bonds is 5. The molecule has 1 aliphatic heterocycles. The Morgan fingerprint density at radius 2 is 1.67 bits per heavy atom. The van der Waals surface area contributed by atoms with Gasteiger partial charge in [-0.1, -0.05) is 0 Å². The van der Waals surface area contributed by atoms with E-state index < -0.39 is 5.60 Å². The summed E-state index contributed by atoms with van der Waals surface area (Å²) in [4.78, 5) is 4.78. The van der Waals surface area contributed by atoms with Crippen LogP contribution in [0.5, 0.6) is 0 Å². The van der Waals surface area contributed by atoms with Crippen molar-refractivity contribution in [1.29, 1.82) is 0 Å². The predicted molar refractivity (Wildman–Crippen MR) is 62.8 cm³/mol. The molecule has 0 bridgehead atoms. The fourth-order valence-corrected chi connectivity index (χ4v) is 2.03. The lowest BCUT2D eigenvalue weighted by atomic mass is 10.1. The topological polar surface area (TPSA) is 52.7 Å². The molecule has 15 heavy (non-hydrogen) atoms. The van der Waals surface area contributed by atoms with Crippen LogP contribution in [0.25, 0.3) is 0 Å². The molecular weight excluding hydrogens is 190 g/mol. The van der Waals surface area contributed by atoms with Crippen molar-refractivity contribution >= 4 is 0 Å². The molecule has 0 aromatic rings. The quantitative estimate of drug-likeness (QED) is 0.662. The maximum Gasteiger partial charge on any atom is 0.0718 e. The van der Waals surface area contributed by atoms with E-state index in [1.807, 2.05) is 13.8 Å². The first-order chi connectivity index (χ1) is 7.01. The average molecular weight is 215 g/mol. The number of hydrogen-bond acceptors (Lipinski definition) is 4. The molecule has 1 aliphatic rings. The maximum atomic E-state index is 9.71. The third-order valence-corrected chi connectivity index (χ3v) is 2.75. The van der Waals surface area contributed by atoms with Crippen molar-refractivity contribution in [1.82, 2.24) is 9.80 Å². The molecule has 0 amide bonds. The van der Waals surface area contributed by atoms with E-state index in [-0.39, 0.29) is 0 Å². The van der Waals surface area contributed by atoms with Gasteiger partial charge in [0.15, 0.2) is 0 Å². The van der Waals surface area contributed by atoms with Gasteiger partial charge in [-0.25, -0.2) is 0 Å². The number of nitrogens with zero attached hydrogens (tertiary/aromatic N) is 2. The van der Waals surface area contributed by atoms with Crippen LogP contribution < -0.4 is 5.73 Å². The highest BCUT2D eigenvalue weighted by atomic mass is 16.3. The first-order valence-electron chi connectivity index (χ1n) is 5.88. The van der Waals surface area contributed by atoms with Gasteiger partial charge in [0.05, 0.1) is 5.60 Å². The van der Waals surface area contributed by atoms with Crippen LogP contribution in [0.4, 0.5) is 0 Å². The van der Waals surface area contributed by atoms with Crippen molar-refractivity contribution in [2.24, 2.45) is 5.73 Å². The summed E-state index contributed by atoms with van der Waals surface area (Å²) >= 11 is 0.